The van der Waals surface area contributed by atoms with E-state index in [1.165, 1.54) is 27.8 Å². The SMILES string of the molecule is O=S(=O)(c1ccccc1)N(CC(O)COCc1ccccc1)c1nc2ccccc2s1. The summed E-state index contributed by atoms with van der Waals surface area (Å²) in [5.41, 5.74) is 1.69. The van der Waals surface area contributed by atoms with E-state index in [-0.39, 0.29) is 18.0 Å². The monoisotopic (exact) mass is 454 g/mol. The van der Waals surface area contributed by atoms with Crippen molar-refractivity contribution >= 4 is 36.7 Å². The molecule has 1 N–H and O–H groups in total. The number of hydrogen-bond acceptors (Lipinski definition) is 6. The zero-order chi connectivity index (χ0) is 21.7. The lowest BCUT2D eigenvalue weighted by Crippen LogP contribution is -2.39. The molecule has 4 aromatic rings. The molecule has 1 unspecified atom stereocenters. The number of aromatic nitrogens is 1. The number of thiazole rings is 1. The summed E-state index contributed by atoms with van der Waals surface area (Å²) in [4.78, 5) is 4.64. The van der Waals surface area contributed by atoms with Crippen molar-refractivity contribution in [2.45, 2.75) is 17.6 Å². The third kappa shape index (κ3) is 5.11. The molecule has 0 aliphatic rings. The van der Waals surface area contributed by atoms with Crippen LogP contribution in [0.25, 0.3) is 10.2 Å². The Kier molecular flexibility index (Phi) is 6.62. The topological polar surface area (TPSA) is 79.7 Å². The van der Waals surface area contributed by atoms with E-state index >= 15 is 0 Å². The smallest absolute Gasteiger partial charge is 0.266 e. The molecule has 0 spiro atoms. The van der Waals surface area contributed by atoms with Crippen LogP contribution in [0.2, 0.25) is 0 Å². The molecule has 8 heteroatoms. The molecule has 0 fully saturated rings. The number of sulfonamides is 1. The summed E-state index contributed by atoms with van der Waals surface area (Å²) >= 11 is 1.27. The fourth-order valence-electron chi connectivity index (χ4n) is 3.10. The second-order valence-electron chi connectivity index (χ2n) is 6.97. The fourth-order valence-corrected chi connectivity index (χ4v) is 5.76. The molecule has 0 radical (unpaired) electrons. The molecule has 1 atom stereocenters. The maximum absolute atomic E-state index is 13.4. The molecule has 3 aromatic carbocycles. The van der Waals surface area contributed by atoms with Gasteiger partial charge < -0.3 is 9.84 Å². The maximum Gasteiger partial charge on any atom is 0.266 e. The van der Waals surface area contributed by atoms with Crippen LogP contribution in [0.5, 0.6) is 0 Å². The van der Waals surface area contributed by atoms with Crippen molar-refractivity contribution in [1.82, 2.24) is 4.98 Å². The molecule has 0 aliphatic heterocycles. The standard InChI is InChI=1S/C23H22N2O4S2/c26-19(17-29-16-18-9-3-1-4-10-18)15-25(31(27,28)20-11-5-2-6-12-20)23-24-21-13-7-8-14-22(21)30-23/h1-14,19,26H,15-17H2. The molecule has 4 rings (SSSR count). The van der Waals surface area contributed by atoms with E-state index in [1.54, 1.807) is 18.2 Å². The Morgan fingerprint density at radius 1 is 0.935 bits per heavy atom. The van der Waals surface area contributed by atoms with Crippen molar-refractivity contribution in [3.8, 4) is 0 Å². The first-order valence-corrected chi connectivity index (χ1v) is 12.0. The highest BCUT2D eigenvalue weighted by Crippen LogP contribution is 2.32. The summed E-state index contributed by atoms with van der Waals surface area (Å²) < 4.78 is 34.4. The van der Waals surface area contributed by atoms with E-state index in [2.05, 4.69) is 4.98 Å². The Hall–Kier alpha value is -2.78. The van der Waals surface area contributed by atoms with Crippen molar-refractivity contribution in [3.63, 3.8) is 0 Å². The van der Waals surface area contributed by atoms with E-state index in [0.29, 0.717) is 17.3 Å². The third-order valence-electron chi connectivity index (χ3n) is 4.63. The van der Waals surface area contributed by atoms with E-state index in [0.717, 1.165) is 10.3 Å². The number of benzene rings is 3. The zero-order valence-electron chi connectivity index (χ0n) is 16.7. The van der Waals surface area contributed by atoms with Gasteiger partial charge in [0.1, 0.15) is 0 Å². The van der Waals surface area contributed by atoms with Crippen LogP contribution in [0.3, 0.4) is 0 Å². The first-order valence-electron chi connectivity index (χ1n) is 9.77. The quantitative estimate of drug-likeness (QED) is 0.412. The van der Waals surface area contributed by atoms with E-state index in [1.807, 2.05) is 54.6 Å². The predicted octanol–water partition coefficient (Wildman–Crippen LogP) is 4.07. The lowest BCUT2D eigenvalue weighted by atomic mass is 10.2. The van der Waals surface area contributed by atoms with Gasteiger partial charge in [0, 0.05) is 0 Å². The molecular formula is C23H22N2O4S2. The number of anilines is 1. The van der Waals surface area contributed by atoms with Crippen molar-refractivity contribution < 1.29 is 18.3 Å². The molecular weight excluding hydrogens is 432 g/mol. The Bertz CT molecular complexity index is 1200. The molecule has 1 aromatic heterocycles. The second-order valence-corrected chi connectivity index (χ2v) is 9.84. The number of aliphatic hydroxyl groups is 1. The third-order valence-corrected chi connectivity index (χ3v) is 7.57. The van der Waals surface area contributed by atoms with Crippen LogP contribution in [0.15, 0.2) is 89.8 Å². The van der Waals surface area contributed by atoms with Crippen LogP contribution in [-0.2, 0) is 21.4 Å². The predicted molar refractivity (Wildman–Crippen MR) is 123 cm³/mol. The molecule has 0 amide bonds. The Morgan fingerprint density at radius 3 is 2.29 bits per heavy atom. The van der Waals surface area contributed by atoms with Gasteiger partial charge in [0.25, 0.3) is 10.0 Å². The van der Waals surface area contributed by atoms with E-state index in [9.17, 15) is 13.5 Å². The van der Waals surface area contributed by atoms with Gasteiger partial charge in [-0.3, -0.25) is 0 Å². The molecule has 160 valence electrons. The normalized spacial score (nSPS) is 12.7. The second kappa shape index (κ2) is 9.57. The number of hydrogen-bond donors (Lipinski definition) is 1. The number of nitrogens with zero attached hydrogens (tertiary/aromatic N) is 2. The van der Waals surface area contributed by atoms with Crippen LogP contribution in [-0.4, -0.2) is 37.8 Å². The molecule has 0 bridgehead atoms. The van der Waals surface area contributed by atoms with Gasteiger partial charge in [-0.05, 0) is 29.8 Å². The largest absolute Gasteiger partial charge is 0.389 e. The number of para-hydroxylation sites is 1. The van der Waals surface area contributed by atoms with Gasteiger partial charge >= 0.3 is 0 Å². The zero-order valence-corrected chi connectivity index (χ0v) is 18.3. The van der Waals surface area contributed by atoms with Crippen LogP contribution in [0.1, 0.15) is 5.56 Å². The highest BCUT2D eigenvalue weighted by atomic mass is 32.2. The minimum atomic E-state index is -3.91. The van der Waals surface area contributed by atoms with Gasteiger partial charge in [0.2, 0.25) is 5.13 Å². The van der Waals surface area contributed by atoms with Gasteiger partial charge in [-0.25, -0.2) is 17.7 Å². The van der Waals surface area contributed by atoms with Crippen molar-refractivity contribution in [3.05, 3.63) is 90.5 Å². The number of rotatable bonds is 9. The first-order chi connectivity index (χ1) is 15.0. The molecule has 0 aliphatic carbocycles. The summed E-state index contributed by atoms with van der Waals surface area (Å²) in [7, 11) is -3.91. The number of aliphatic hydroxyl groups excluding tert-OH is 1. The highest BCUT2D eigenvalue weighted by molar-refractivity contribution is 7.93. The molecule has 1 heterocycles. The van der Waals surface area contributed by atoms with Gasteiger partial charge in [-0.15, -0.1) is 0 Å². The fraction of sp³-hybridized carbons (Fsp3) is 0.174. The minimum Gasteiger partial charge on any atom is -0.389 e. The summed E-state index contributed by atoms with van der Waals surface area (Å²) in [6.45, 7) is 0.177. The van der Waals surface area contributed by atoms with Crippen LogP contribution < -0.4 is 4.31 Å². The van der Waals surface area contributed by atoms with Gasteiger partial charge in [-0.1, -0.05) is 72.0 Å². The van der Waals surface area contributed by atoms with Crippen molar-refractivity contribution in [2.24, 2.45) is 0 Å². The lowest BCUT2D eigenvalue weighted by Gasteiger charge is -2.24. The minimum absolute atomic E-state index is 0.000594. The van der Waals surface area contributed by atoms with Crippen LogP contribution in [0, 0.1) is 0 Å². The van der Waals surface area contributed by atoms with Crippen LogP contribution in [0.4, 0.5) is 5.13 Å². The Balaban J connectivity index is 1.56. The van der Waals surface area contributed by atoms with E-state index < -0.39 is 16.1 Å². The number of fused-ring (bicyclic) bond motifs is 1. The average molecular weight is 455 g/mol. The Labute approximate surface area is 185 Å². The molecule has 31 heavy (non-hydrogen) atoms. The summed E-state index contributed by atoms with van der Waals surface area (Å²) in [6, 6.07) is 25.2. The van der Waals surface area contributed by atoms with E-state index in [4.69, 9.17) is 4.74 Å². The van der Waals surface area contributed by atoms with Gasteiger partial charge in [0.05, 0.1) is 41.0 Å². The first kappa shape index (κ1) is 21.5. The highest BCUT2D eigenvalue weighted by Gasteiger charge is 2.29. The summed E-state index contributed by atoms with van der Waals surface area (Å²) in [5.74, 6) is 0. The van der Waals surface area contributed by atoms with Gasteiger partial charge in [0.15, 0.2) is 0 Å². The number of ether oxygens (including phenoxy) is 1. The molecule has 0 saturated heterocycles. The average Bonchev–Trinajstić information content (AvgIpc) is 3.22. The maximum atomic E-state index is 13.4. The summed E-state index contributed by atoms with van der Waals surface area (Å²) in [5, 5.41) is 10.9. The molecule has 6 nitrogen and oxygen atoms in total. The Morgan fingerprint density at radius 2 is 1.58 bits per heavy atom. The lowest BCUT2D eigenvalue weighted by molar-refractivity contribution is 0.0334. The van der Waals surface area contributed by atoms with Crippen LogP contribution >= 0.6 is 11.3 Å². The van der Waals surface area contributed by atoms with Gasteiger partial charge in [-0.2, -0.15) is 0 Å². The van der Waals surface area contributed by atoms with Crippen molar-refractivity contribution in [1.29, 1.82) is 0 Å². The summed E-state index contributed by atoms with van der Waals surface area (Å²) in [6.07, 6.45) is -1.02. The van der Waals surface area contributed by atoms with Crippen molar-refractivity contribution in [2.75, 3.05) is 17.5 Å². The molecule has 0 saturated carbocycles.